The molecule has 1 aromatic carbocycles. The van der Waals surface area contributed by atoms with E-state index in [0.29, 0.717) is 30.2 Å². The smallest absolute Gasteiger partial charge is 0.338 e. The lowest BCUT2D eigenvalue weighted by atomic mass is 9.95. The van der Waals surface area contributed by atoms with Crippen molar-refractivity contribution in [3.05, 3.63) is 41.1 Å². The van der Waals surface area contributed by atoms with Crippen LogP contribution in [-0.2, 0) is 9.53 Å². The van der Waals surface area contributed by atoms with E-state index in [4.69, 9.17) is 9.47 Å². The van der Waals surface area contributed by atoms with Crippen LogP contribution < -0.4 is 15.4 Å². The van der Waals surface area contributed by atoms with Crippen LogP contribution in [0.15, 0.2) is 35.5 Å². The van der Waals surface area contributed by atoms with E-state index in [1.54, 1.807) is 6.92 Å². The third-order valence-electron chi connectivity index (χ3n) is 3.46. The molecule has 1 unspecified atom stereocenters. The lowest BCUT2D eigenvalue weighted by Crippen LogP contribution is -2.45. The molecule has 2 N–H and O–H groups in total. The normalized spacial score (nSPS) is 17.3. The molecule has 1 atom stereocenters. The summed E-state index contributed by atoms with van der Waals surface area (Å²) in [5.74, 6) is 0.198. The molecule has 2 amide bonds. The Kier molecular flexibility index (Phi) is 5.62. The molecular weight excluding hydrogens is 296 g/mol. The zero-order valence-electron chi connectivity index (χ0n) is 13.6. The summed E-state index contributed by atoms with van der Waals surface area (Å²) in [6, 6.07) is 6.39. The van der Waals surface area contributed by atoms with Gasteiger partial charge in [-0.25, -0.2) is 9.59 Å². The van der Waals surface area contributed by atoms with E-state index in [9.17, 15) is 9.59 Å². The van der Waals surface area contributed by atoms with Crippen LogP contribution in [-0.4, -0.2) is 25.2 Å². The average Bonchev–Trinajstić information content (AvgIpc) is 2.52. The van der Waals surface area contributed by atoms with Gasteiger partial charge >= 0.3 is 12.0 Å². The minimum atomic E-state index is -0.601. The number of para-hydroxylation sites is 1. The van der Waals surface area contributed by atoms with Crippen molar-refractivity contribution >= 4 is 12.0 Å². The Morgan fingerprint density at radius 2 is 2.00 bits per heavy atom. The molecule has 0 aromatic heterocycles. The highest BCUT2D eigenvalue weighted by atomic mass is 16.5. The zero-order valence-corrected chi connectivity index (χ0v) is 13.6. The average molecular weight is 318 g/mol. The molecule has 0 fully saturated rings. The third kappa shape index (κ3) is 3.83. The number of benzene rings is 1. The first-order valence-electron chi connectivity index (χ1n) is 7.75. The molecule has 1 aliphatic rings. The van der Waals surface area contributed by atoms with E-state index in [1.165, 1.54) is 0 Å². The molecule has 0 radical (unpaired) electrons. The van der Waals surface area contributed by atoms with Crippen molar-refractivity contribution in [3.8, 4) is 5.75 Å². The lowest BCUT2D eigenvalue weighted by molar-refractivity contribution is -0.139. The van der Waals surface area contributed by atoms with Crippen LogP contribution in [0.25, 0.3) is 0 Å². The van der Waals surface area contributed by atoms with Gasteiger partial charge in [0.25, 0.3) is 0 Å². The van der Waals surface area contributed by atoms with Crippen molar-refractivity contribution < 1.29 is 19.1 Å². The minimum absolute atomic E-state index is 0.337. The molecule has 1 heterocycles. The summed E-state index contributed by atoms with van der Waals surface area (Å²) in [5.41, 5.74) is 1.61. The molecule has 23 heavy (non-hydrogen) atoms. The molecule has 1 aromatic rings. The summed E-state index contributed by atoms with van der Waals surface area (Å²) in [6.45, 7) is 6.34. The topological polar surface area (TPSA) is 76.7 Å². The molecule has 1 aliphatic heterocycles. The Bertz CT molecular complexity index is 625. The van der Waals surface area contributed by atoms with Crippen LogP contribution in [0.3, 0.4) is 0 Å². The molecule has 0 spiro atoms. The molecule has 0 saturated heterocycles. The third-order valence-corrected chi connectivity index (χ3v) is 3.46. The fraction of sp³-hybridized carbons (Fsp3) is 0.412. The number of nitrogens with one attached hydrogen (secondary N) is 2. The van der Waals surface area contributed by atoms with Gasteiger partial charge in [0.05, 0.1) is 24.8 Å². The Balaban J connectivity index is 2.43. The van der Waals surface area contributed by atoms with E-state index in [0.717, 1.165) is 12.0 Å². The number of ether oxygens (including phenoxy) is 2. The maximum Gasteiger partial charge on any atom is 0.338 e. The Morgan fingerprint density at radius 1 is 1.26 bits per heavy atom. The van der Waals surface area contributed by atoms with Crippen molar-refractivity contribution in [1.82, 2.24) is 10.6 Å². The number of allylic oxidation sites excluding steroid dienone is 1. The van der Waals surface area contributed by atoms with Gasteiger partial charge in [-0.05, 0) is 26.3 Å². The summed E-state index contributed by atoms with van der Waals surface area (Å²) >= 11 is 0. The summed E-state index contributed by atoms with van der Waals surface area (Å²) in [7, 11) is 0. The maximum absolute atomic E-state index is 12.4. The quantitative estimate of drug-likeness (QED) is 0.791. The predicted octanol–water partition coefficient (Wildman–Crippen LogP) is 2.67. The van der Waals surface area contributed by atoms with Crippen molar-refractivity contribution in [3.63, 3.8) is 0 Å². The summed E-state index contributed by atoms with van der Waals surface area (Å²) in [6.07, 6.45) is 0.734. The van der Waals surface area contributed by atoms with Crippen LogP contribution in [0.1, 0.15) is 38.8 Å². The second kappa shape index (κ2) is 7.67. The Morgan fingerprint density at radius 3 is 2.70 bits per heavy atom. The van der Waals surface area contributed by atoms with Gasteiger partial charge in [-0.3, -0.25) is 0 Å². The highest BCUT2D eigenvalue weighted by molar-refractivity contribution is 5.95. The predicted molar refractivity (Wildman–Crippen MR) is 86.0 cm³/mol. The number of rotatable bonds is 6. The fourth-order valence-corrected chi connectivity index (χ4v) is 2.48. The minimum Gasteiger partial charge on any atom is -0.494 e. The van der Waals surface area contributed by atoms with Crippen LogP contribution in [0.5, 0.6) is 5.75 Å². The number of carbonyl (C=O) groups is 2. The molecule has 2 rings (SSSR count). The molecule has 6 heteroatoms. The number of amides is 2. The molecule has 6 nitrogen and oxygen atoms in total. The van der Waals surface area contributed by atoms with Gasteiger partial charge < -0.3 is 20.1 Å². The molecule has 0 aliphatic carbocycles. The molecular formula is C17H22N2O4. The Hall–Kier alpha value is -2.50. The van der Waals surface area contributed by atoms with E-state index >= 15 is 0 Å². The standard InChI is InChI=1S/C17H22N2O4/c1-4-10-23-16(20)14-11(3)18-17(21)19-15(14)12-8-6-7-9-13(12)22-5-2/h6-9,15H,4-5,10H2,1-3H3,(H2,18,19,21). The first-order chi connectivity index (χ1) is 11.1. The second-order valence-electron chi connectivity index (χ2n) is 5.18. The van der Waals surface area contributed by atoms with Crippen LogP contribution >= 0.6 is 0 Å². The molecule has 0 bridgehead atoms. The van der Waals surface area contributed by atoms with E-state index < -0.39 is 12.0 Å². The molecule has 0 saturated carbocycles. The van der Waals surface area contributed by atoms with Gasteiger partial charge in [-0.1, -0.05) is 25.1 Å². The van der Waals surface area contributed by atoms with Gasteiger partial charge in [0.15, 0.2) is 0 Å². The number of hydrogen-bond donors (Lipinski definition) is 2. The van der Waals surface area contributed by atoms with Crippen LogP contribution in [0.4, 0.5) is 4.79 Å². The van der Waals surface area contributed by atoms with Gasteiger partial charge in [0, 0.05) is 11.3 Å². The van der Waals surface area contributed by atoms with Gasteiger partial charge in [0.1, 0.15) is 5.75 Å². The first-order valence-corrected chi connectivity index (χ1v) is 7.75. The van der Waals surface area contributed by atoms with E-state index in [2.05, 4.69) is 10.6 Å². The fourth-order valence-electron chi connectivity index (χ4n) is 2.48. The SMILES string of the molecule is CCCOC(=O)C1=C(C)NC(=O)NC1c1ccccc1OCC. The second-order valence-corrected chi connectivity index (χ2v) is 5.18. The number of urea groups is 1. The van der Waals surface area contributed by atoms with Gasteiger partial charge in [-0.2, -0.15) is 0 Å². The molecule has 124 valence electrons. The number of esters is 1. The van der Waals surface area contributed by atoms with Gasteiger partial charge in [-0.15, -0.1) is 0 Å². The first kappa shape index (κ1) is 16.9. The van der Waals surface area contributed by atoms with Crippen molar-refractivity contribution in [2.45, 2.75) is 33.2 Å². The number of hydrogen-bond acceptors (Lipinski definition) is 4. The van der Waals surface area contributed by atoms with Crippen LogP contribution in [0.2, 0.25) is 0 Å². The van der Waals surface area contributed by atoms with E-state index in [-0.39, 0.29) is 6.03 Å². The van der Waals surface area contributed by atoms with Crippen molar-refractivity contribution in [2.75, 3.05) is 13.2 Å². The Labute approximate surface area is 135 Å². The van der Waals surface area contributed by atoms with E-state index in [1.807, 2.05) is 38.1 Å². The summed E-state index contributed by atoms with van der Waals surface area (Å²) < 4.78 is 10.9. The lowest BCUT2D eigenvalue weighted by Gasteiger charge is -2.29. The zero-order chi connectivity index (χ0) is 16.8. The highest BCUT2D eigenvalue weighted by Gasteiger charge is 2.33. The largest absolute Gasteiger partial charge is 0.494 e. The monoisotopic (exact) mass is 318 g/mol. The summed E-state index contributed by atoms with van der Waals surface area (Å²) in [4.78, 5) is 24.3. The van der Waals surface area contributed by atoms with Crippen molar-refractivity contribution in [2.24, 2.45) is 0 Å². The maximum atomic E-state index is 12.4. The van der Waals surface area contributed by atoms with Crippen LogP contribution in [0, 0.1) is 0 Å². The highest BCUT2D eigenvalue weighted by Crippen LogP contribution is 2.33. The summed E-state index contributed by atoms with van der Waals surface area (Å²) in [5, 5.41) is 5.41. The number of carbonyl (C=O) groups excluding carboxylic acids is 2. The van der Waals surface area contributed by atoms with Crippen molar-refractivity contribution in [1.29, 1.82) is 0 Å². The van der Waals surface area contributed by atoms with Gasteiger partial charge in [0.2, 0.25) is 0 Å².